The zero-order chi connectivity index (χ0) is 11.1. The van der Waals surface area contributed by atoms with Crippen molar-refractivity contribution in [2.24, 2.45) is 0 Å². The fourth-order valence-electron chi connectivity index (χ4n) is 2.90. The Morgan fingerprint density at radius 1 is 1.44 bits per heavy atom. The summed E-state index contributed by atoms with van der Waals surface area (Å²) < 4.78 is 4.73. The number of carbonyl (C=O) groups is 1. The van der Waals surface area contributed by atoms with Crippen LogP contribution in [-0.4, -0.2) is 32.9 Å². The van der Waals surface area contributed by atoms with Crippen LogP contribution in [0.25, 0.3) is 0 Å². The van der Waals surface area contributed by atoms with Crippen LogP contribution in [-0.2, 0) is 0 Å². The van der Waals surface area contributed by atoms with E-state index in [1.165, 1.54) is 6.26 Å². The monoisotopic (exact) mass is 284 g/mol. The Balaban J connectivity index is 1.84. The number of piperidine rings is 1. The number of halogens is 1. The largest absolute Gasteiger partial charge is 0.364 e. The van der Waals surface area contributed by atoms with Gasteiger partial charge in [0.25, 0.3) is 5.91 Å². The molecule has 0 saturated carbocycles. The molecular formula is C11H13BrN2O2. The number of alkyl halides is 1. The fourth-order valence-corrected chi connectivity index (χ4v) is 3.76. The van der Waals surface area contributed by atoms with Crippen LogP contribution in [0.2, 0.25) is 0 Å². The fraction of sp³-hybridized carbons (Fsp3) is 0.636. The van der Waals surface area contributed by atoms with Crippen LogP contribution >= 0.6 is 15.9 Å². The van der Waals surface area contributed by atoms with E-state index in [1.54, 1.807) is 6.07 Å². The van der Waals surface area contributed by atoms with Gasteiger partial charge in [-0.25, -0.2) is 0 Å². The van der Waals surface area contributed by atoms with E-state index in [2.05, 4.69) is 21.1 Å². The van der Waals surface area contributed by atoms with Gasteiger partial charge in [0.1, 0.15) is 6.26 Å². The van der Waals surface area contributed by atoms with Crippen LogP contribution in [0.4, 0.5) is 0 Å². The summed E-state index contributed by atoms with van der Waals surface area (Å²) in [6.45, 7) is 0. The predicted octanol–water partition coefficient (Wildman–Crippen LogP) is 2.21. The summed E-state index contributed by atoms with van der Waals surface area (Å²) in [5.74, 6) is 0.0284. The van der Waals surface area contributed by atoms with Gasteiger partial charge in [0.05, 0.1) is 0 Å². The Labute approximate surface area is 102 Å². The molecule has 0 N–H and O–H groups in total. The van der Waals surface area contributed by atoms with Crippen LogP contribution in [0.15, 0.2) is 16.9 Å². The molecule has 3 heterocycles. The Bertz CT molecular complexity index is 379. The zero-order valence-corrected chi connectivity index (χ0v) is 10.4. The van der Waals surface area contributed by atoms with Crippen molar-refractivity contribution >= 4 is 21.8 Å². The molecule has 0 aromatic carbocycles. The molecule has 86 valence electrons. The predicted molar refractivity (Wildman–Crippen MR) is 61.4 cm³/mol. The van der Waals surface area contributed by atoms with Gasteiger partial charge in [-0.2, -0.15) is 0 Å². The normalized spacial score (nSPS) is 33.1. The van der Waals surface area contributed by atoms with Crippen LogP contribution in [0.1, 0.15) is 36.2 Å². The van der Waals surface area contributed by atoms with Gasteiger partial charge in [0.15, 0.2) is 5.69 Å². The van der Waals surface area contributed by atoms with Gasteiger partial charge in [-0.3, -0.25) is 4.79 Å². The lowest BCUT2D eigenvalue weighted by molar-refractivity contribution is 0.0593. The number of hydrogen-bond donors (Lipinski definition) is 0. The van der Waals surface area contributed by atoms with Crippen molar-refractivity contribution in [2.75, 3.05) is 0 Å². The number of carbonyl (C=O) groups excluding carboxylic acids is 1. The Morgan fingerprint density at radius 2 is 2.12 bits per heavy atom. The standard InChI is InChI=1S/C11H13BrN2O2/c12-7-5-8-1-2-9(6-7)14(8)11(15)10-3-4-16-13-10/h3-4,7-9H,1-2,5-6H2. The lowest BCUT2D eigenvalue weighted by Crippen LogP contribution is -2.46. The SMILES string of the molecule is O=C(c1ccon1)N1C2CCC1CC(Br)C2. The first-order valence-electron chi connectivity index (χ1n) is 5.63. The van der Waals surface area contributed by atoms with Crippen molar-refractivity contribution in [2.45, 2.75) is 42.6 Å². The summed E-state index contributed by atoms with van der Waals surface area (Å²) in [5, 5.41) is 3.73. The van der Waals surface area contributed by atoms with Gasteiger partial charge >= 0.3 is 0 Å². The van der Waals surface area contributed by atoms with Gasteiger partial charge in [-0.15, -0.1) is 0 Å². The quantitative estimate of drug-likeness (QED) is 0.743. The van der Waals surface area contributed by atoms with E-state index >= 15 is 0 Å². The maximum atomic E-state index is 12.2. The van der Waals surface area contributed by atoms with Crippen molar-refractivity contribution < 1.29 is 9.32 Å². The third kappa shape index (κ3) is 1.57. The molecule has 4 nitrogen and oxygen atoms in total. The Hall–Kier alpha value is -0.840. The average Bonchev–Trinajstić information content (AvgIpc) is 2.85. The van der Waals surface area contributed by atoms with Crippen LogP contribution in [0.5, 0.6) is 0 Å². The first-order valence-corrected chi connectivity index (χ1v) is 6.54. The van der Waals surface area contributed by atoms with Gasteiger partial charge in [-0.1, -0.05) is 21.1 Å². The minimum Gasteiger partial charge on any atom is -0.364 e. The summed E-state index contributed by atoms with van der Waals surface area (Å²) in [4.78, 5) is 14.8. The number of hydrogen-bond acceptors (Lipinski definition) is 3. The molecule has 3 rings (SSSR count). The van der Waals surface area contributed by atoms with Gasteiger partial charge < -0.3 is 9.42 Å². The average molecular weight is 285 g/mol. The summed E-state index contributed by atoms with van der Waals surface area (Å²) >= 11 is 3.66. The zero-order valence-electron chi connectivity index (χ0n) is 8.80. The summed E-state index contributed by atoms with van der Waals surface area (Å²) in [6.07, 6.45) is 5.80. The van der Waals surface area contributed by atoms with Crippen LogP contribution in [0, 0.1) is 0 Å². The number of amides is 1. The summed E-state index contributed by atoms with van der Waals surface area (Å²) in [6, 6.07) is 2.40. The maximum absolute atomic E-state index is 12.2. The van der Waals surface area contributed by atoms with Crippen molar-refractivity contribution in [3.8, 4) is 0 Å². The van der Waals surface area contributed by atoms with E-state index in [1.807, 2.05) is 4.90 Å². The molecular weight excluding hydrogens is 272 g/mol. The van der Waals surface area contributed by atoms with E-state index in [0.29, 0.717) is 22.6 Å². The second-order valence-corrected chi connectivity index (χ2v) is 5.85. The first-order chi connectivity index (χ1) is 7.75. The second-order valence-electron chi connectivity index (χ2n) is 4.55. The molecule has 2 fully saturated rings. The highest BCUT2D eigenvalue weighted by Gasteiger charge is 2.43. The second kappa shape index (κ2) is 3.87. The third-order valence-corrected chi connectivity index (χ3v) is 4.31. The first kappa shape index (κ1) is 10.3. The van der Waals surface area contributed by atoms with E-state index < -0.39 is 0 Å². The van der Waals surface area contributed by atoms with Crippen molar-refractivity contribution in [3.05, 3.63) is 18.0 Å². The van der Waals surface area contributed by atoms with Crippen molar-refractivity contribution in [1.29, 1.82) is 0 Å². The third-order valence-electron chi connectivity index (χ3n) is 3.57. The minimum absolute atomic E-state index is 0.0284. The lowest BCUT2D eigenvalue weighted by atomic mass is 10.0. The Kier molecular flexibility index (Phi) is 2.50. The van der Waals surface area contributed by atoms with Crippen LogP contribution in [0.3, 0.4) is 0 Å². The summed E-state index contributed by atoms with van der Waals surface area (Å²) in [7, 11) is 0. The Morgan fingerprint density at radius 3 is 2.69 bits per heavy atom. The summed E-state index contributed by atoms with van der Waals surface area (Å²) in [5.41, 5.74) is 0.435. The molecule has 2 bridgehead atoms. The van der Waals surface area contributed by atoms with E-state index in [-0.39, 0.29) is 5.91 Å². The number of rotatable bonds is 1. The maximum Gasteiger partial charge on any atom is 0.276 e. The van der Waals surface area contributed by atoms with Crippen molar-refractivity contribution in [3.63, 3.8) is 0 Å². The number of nitrogens with zero attached hydrogens (tertiary/aromatic N) is 2. The number of aromatic nitrogens is 1. The van der Waals surface area contributed by atoms with E-state index in [0.717, 1.165) is 25.7 Å². The van der Waals surface area contributed by atoms with E-state index in [9.17, 15) is 4.79 Å². The van der Waals surface area contributed by atoms with Gasteiger partial charge in [0, 0.05) is 23.0 Å². The van der Waals surface area contributed by atoms with E-state index in [4.69, 9.17) is 4.52 Å². The molecule has 1 aromatic heterocycles. The van der Waals surface area contributed by atoms with Gasteiger partial charge in [-0.05, 0) is 25.7 Å². The molecule has 1 aromatic rings. The molecule has 2 aliphatic heterocycles. The molecule has 5 heteroatoms. The molecule has 0 radical (unpaired) electrons. The molecule has 1 amide bonds. The van der Waals surface area contributed by atoms with Gasteiger partial charge in [0.2, 0.25) is 0 Å². The minimum atomic E-state index is 0.0284. The smallest absolute Gasteiger partial charge is 0.276 e. The topological polar surface area (TPSA) is 46.3 Å². The molecule has 2 atom stereocenters. The molecule has 0 spiro atoms. The molecule has 2 unspecified atom stereocenters. The molecule has 16 heavy (non-hydrogen) atoms. The molecule has 2 aliphatic rings. The molecule has 2 saturated heterocycles. The highest BCUT2D eigenvalue weighted by molar-refractivity contribution is 9.09. The highest BCUT2D eigenvalue weighted by atomic mass is 79.9. The van der Waals surface area contributed by atoms with Crippen molar-refractivity contribution in [1.82, 2.24) is 10.1 Å². The number of fused-ring (bicyclic) bond motifs is 2. The van der Waals surface area contributed by atoms with Crippen LogP contribution < -0.4 is 0 Å². The molecule has 0 aliphatic carbocycles. The highest BCUT2D eigenvalue weighted by Crippen LogP contribution is 2.39. The lowest BCUT2D eigenvalue weighted by Gasteiger charge is -2.36.